The second kappa shape index (κ2) is 12.3. The van der Waals surface area contributed by atoms with E-state index in [1.165, 1.54) is 0 Å². The number of fused-ring (bicyclic) bond motifs is 2. The van der Waals surface area contributed by atoms with Gasteiger partial charge in [0.15, 0.2) is 17.5 Å². The lowest BCUT2D eigenvalue weighted by Gasteiger charge is -2.37. The predicted octanol–water partition coefficient (Wildman–Crippen LogP) is 10.9. The molecule has 8 rings (SSSR count). The van der Waals surface area contributed by atoms with Crippen molar-refractivity contribution < 1.29 is 4.74 Å². The van der Waals surface area contributed by atoms with Crippen LogP contribution in [0.2, 0.25) is 0 Å². The molecule has 5 nitrogen and oxygen atoms in total. The molecule has 0 fully saturated rings. The molecule has 1 unspecified atom stereocenters. The monoisotopic (exact) mass is 632 g/mol. The summed E-state index contributed by atoms with van der Waals surface area (Å²) in [5.74, 6) is 3.42. The first-order valence-corrected chi connectivity index (χ1v) is 16.5. The highest BCUT2D eigenvalue weighted by molar-refractivity contribution is 5.91. The van der Waals surface area contributed by atoms with Crippen LogP contribution in [0.25, 0.3) is 56.4 Å². The molecule has 234 valence electrons. The van der Waals surface area contributed by atoms with E-state index in [4.69, 9.17) is 19.7 Å². The fourth-order valence-electron chi connectivity index (χ4n) is 6.93. The first kappa shape index (κ1) is 30.0. The molecular weight excluding hydrogens is 601 g/mol. The van der Waals surface area contributed by atoms with Gasteiger partial charge in [-0.1, -0.05) is 135 Å². The third kappa shape index (κ3) is 5.24. The fraction of sp³-hybridized carbons (Fsp3) is 0.0909. The molecule has 1 aliphatic rings. The summed E-state index contributed by atoms with van der Waals surface area (Å²) in [4.78, 5) is 15.0. The van der Waals surface area contributed by atoms with Crippen molar-refractivity contribution in [1.82, 2.24) is 15.0 Å². The van der Waals surface area contributed by atoms with Crippen molar-refractivity contribution in [2.45, 2.75) is 25.7 Å². The number of ether oxygens (including phenoxy) is 1. The summed E-state index contributed by atoms with van der Waals surface area (Å²) in [6, 6.07) is 51.4. The van der Waals surface area contributed by atoms with Gasteiger partial charge in [0.1, 0.15) is 11.5 Å². The zero-order valence-corrected chi connectivity index (χ0v) is 27.3. The summed E-state index contributed by atoms with van der Waals surface area (Å²) in [5.41, 5.74) is 9.27. The molecule has 0 saturated heterocycles. The number of nitriles is 1. The Morgan fingerprint density at radius 2 is 1.10 bits per heavy atom. The fourth-order valence-corrected chi connectivity index (χ4v) is 6.93. The minimum absolute atomic E-state index is 0.398. The van der Waals surface area contributed by atoms with E-state index in [0.29, 0.717) is 23.0 Å². The van der Waals surface area contributed by atoms with Gasteiger partial charge in [-0.3, -0.25) is 0 Å². The molecule has 0 radical (unpaired) electrons. The van der Waals surface area contributed by atoms with Crippen molar-refractivity contribution in [1.29, 1.82) is 5.26 Å². The topological polar surface area (TPSA) is 71.7 Å². The van der Waals surface area contributed by atoms with Crippen molar-refractivity contribution in [3.63, 3.8) is 0 Å². The Labute approximate surface area is 286 Å². The first-order valence-electron chi connectivity index (χ1n) is 16.5. The van der Waals surface area contributed by atoms with Crippen LogP contribution >= 0.6 is 0 Å². The number of aromatic nitrogens is 3. The van der Waals surface area contributed by atoms with Gasteiger partial charge in [-0.25, -0.2) is 15.0 Å². The van der Waals surface area contributed by atoms with E-state index in [1.807, 2.05) is 84.9 Å². The Hall–Kier alpha value is -6.38. The minimum Gasteiger partial charge on any atom is -0.457 e. The van der Waals surface area contributed by atoms with Gasteiger partial charge in [0.25, 0.3) is 0 Å². The normalized spacial score (nSPS) is 14.6. The zero-order chi connectivity index (χ0) is 33.4. The highest BCUT2D eigenvalue weighted by atomic mass is 16.5. The van der Waals surface area contributed by atoms with E-state index in [1.54, 1.807) is 0 Å². The Bertz CT molecular complexity index is 2320. The standard InChI is InChI=1S/C44H32N4O/c1-3-44(2)37-27-31(25-26-38(37)49-39-24-14-19-32(28-45)40(39)44)33-20-10-11-21-34(33)35-22-12-13-23-36(35)43-47-41(29-15-6-4-7-16-29)46-42(48-43)30-17-8-5-9-18-30/h4-27H,3H2,1-2H3. The van der Waals surface area contributed by atoms with Crippen molar-refractivity contribution in [2.75, 3.05) is 0 Å². The molecule has 0 spiro atoms. The maximum atomic E-state index is 10.0. The van der Waals surface area contributed by atoms with Crippen molar-refractivity contribution in [3.05, 3.63) is 162 Å². The van der Waals surface area contributed by atoms with Crippen LogP contribution in [0, 0.1) is 11.3 Å². The van der Waals surface area contributed by atoms with Crippen molar-refractivity contribution in [2.24, 2.45) is 0 Å². The average molecular weight is 633 g/mol. The van der Waals surface area contributed by atoms with Crippen molar-refractivity contribution >= 4 is 0 Å². The Morgan fingerprint density at radius 3 is 1.71 bits per heavy atom. The third-order valence-electron chi connectivity index (χ3n) is 9.60. The molecule has 1 aromatic heterocycles. The molecule has 1 atom stereocenters. The second-order valence-corrected chi connectivity index (χ2v) is 12.4. The number of benzene rings is 6. The SMILES string of the molecule is CCC1(C)c2cc(-c3ccccc3-c3ccccc3-c3nc(-c4ccccc4)nc(-c4ccccc4)n3)ccc2Oc2cccc(C#N)c21. The van der Waals surface area contributed by atoms with Crippen LogP contribution in [0.4, 0.5) is 0 Å². The molecule has 5 heteroatoms. The summed E-state index contributed by atoms with van der Waals surface area (Å²) in [7, 11) is 0. The number of hydrogen-bond donors (Lipinski definition) is 0. The maximum absolute atomic E-state index is 10.0. The molecule has 2 heterocycles. The zero-order valence-electron chi connectivity index (χ0n) is 27.3. The van der Waals surface area contributed by atoms with Gasteiger partial charge in [0, 0.05) is 33.2 Å². The van der Waals surface area contributed by atoms with Gasteiger partial charge >= 0.3 is 0 Å². The van der Waals surface area contributed by atoms with Crippen molar-refractivity contribution in [3.8, 4) is 74.0 Å². The Morgan fingerprint density at radius 1 is 0.551 bits per heavy atom. The Kier molecular flexibility index (Phi) is 7.55. The molecular formula is C44H32N4O. The van der Waals surface area contributed by atoms with Gasteiger partial charge in [0.2, 0.25) is 0 Å². The van der Waals surface area contributed by atoms with Gasteiger partial charge in [0.05, 0.1) is 11.6 Å². The molecule has 49 heavy (non-hydrogen) atoms. The van der Waals surface area contributed by atoms with E-state index in [-0.39, 0.29) is 0 Å². The van der Waals surface area contributed by atoms with Crippen LogP contribution in [0.15, 0.2) is 146 Å². The van der Waals surface area contributed by atoms with E-state index in [9.17, 15) is 5.26 Å². The van der Waals surface area contributed by atoms with Gasteiger partial charge in [-0.15, -0.1) is 0 Å². The lowest BCUT2D eigenvalue weighted by Crippen LogP contribution is -2.28. The summed E-state index contributed by atoms with van der Waals surface area (Å²) < 4.78 is 6.42. The average Bonchev–Trinajstić information content (AvgIpc) is 3.18. The third-order valence-corrected chi connectivity index (χ3v) is 9.60. The van der Waals surface area contributed by atoms with Crippen LogP contribution in [-0.2, 0) is 5.41 Å². The molecule has 0 amide bonds. The molecule has 0 N–H and O–H groups in total. The molecule has 1 aliphatic heterocycles. The van der Waals surface area contributed by atoms with Gasteiger partial charge in [-0.2, -0.15) is 5.26 Å². The number of nitrogens with zero attached hydrogens (tertiary/aromatic N) is 4. The van der Waals surface area contributed by atoms with E-state index >= 15 is 0 Å². The van der Waals surface area contributed by atoms with Crippen LogP contribution in [-0.4, -0.2) is 15.0 Å². The summed E-state index contributed by atoms with van der Waals surface area (Å²) >= 11 is 0. The molecule has 0 saturated carbocycles. The lowest BCUT2D eigenvalue weighted by molar-refractivity contribution is 0.399. The van der Waals surface area contributed by atoms with Gasteiger partial charge < -0.3 is 4.74 Å². The van der Waals surface area contributed by atoms with Crippen LogP contribution in [0.5, 0.6) is 11.5 Å². The Balaban J connectivity index is 1.29. The summed E-state index contributed by atoms with van der Waals surface area (Å²) in [6.07, 6.45) is 0.815. The molecule has 0 aliphatic carbocycles. The van der Waals surface area contributed by atoms with Crippen LogP contribution in [0.1, 0.15) is 37.0 Å². The van der Waals surface area contributed by atoms with Crippen LogP contribution in [0.3, 0.4) is 0 Å². The summed E-state index contributed by atoms with van der Waals surface area (Å²) in [6.45, 7) is 4.39. The van der Waals surface area contributed by atoms with E-state index in [2.05, 4.69) is 80.6 Å². The maximum Gasteiger partial charge on any atom is 0.164 e. The molecule has 7 aromatic rings. The molecule has 6 aromatic carbocycles. The largest absolute Gasteiger partial charge is 0.457 e. The highest BCUT2D eigenvalue weighted by Crippen LogP contribution is 2.52. The number of rotatable bonds is 6. The summed E-state index contributed by atoms with van der Waals surface area (Å²) in [5, 5.41) is 10.0. The van der Waals surface area contributed by atoms with Crippen LogP contribution < -0.4 is 4.74 Å². The van der Waals surface area contributed by atoms with E-state index in [0.717, 1.165) is 68.0 Å². The lowest BCUT2D eigenvalue weighted by atomic mass is 9.70. The quantitative estimate of drug-likeness (QED) is 0.182. The first-order chi connectivity index (χ1) is 24.1. The molecule has 0 bridgehead atoms. The smallest absolute Gasteiger partial charge is 0.164 e. The minimum atomic E-state index is -0.398. The highest BCUT2D eigenvalue weighted by Gasteiger charge is 2.39. The second-order valence-electron chi connectivity index (χ2n) is 12.4. The van der Waals surface area contributed by atoms with Gasteiger partial charge in [-0.05, 0) is 52.9 Å². The predicted molar refractivity (Wildman–Crippen MR) is 195 cm³/mol. The van der Waals surface area contributed by atoms with E-state index < -0.39 is 5.41 Å². The number of hydrogen-bond acceptors (Lipinski definition) is 5.